The Bertz CT molecular complexity index is 413. The lowest BCUT2D eigenvalue weighted by Gasteiger charge is -2.04. The predicted molar refractivity (Wildman–Crippen MR) is 68.3 cm³/mol. The first-order valence-corrected chi connectivity index (χ1v) is 5.45. The van der Waals surface area contributed by atoms with Crippen molar-refractivity contribution in [3.8, 4) is 5.75 Å². The first-order valence-electron chi connectivity index (χ1n) is 5.45. The summed E-state index contributed by atoms with van der Waals surface area (Å²) in [5.41, 5.74) is 1.16. The van der Waals surface area contributed by atoms with E-state index in [0.717, 1.165) is 18.2 Å². The summed E-state index contributed by atoms with van der Waals surface area (Å²) >= 11 is 0. The van der Waals surface area contributed by atoms with Crippen LogP contribution >= 0.6 is 0 Å². The van der Waals surface area contributed by atoms with Gasteiger partial charge in [-0.2, -0.15) is 0 Å². The van der Waals surface area contributed by atoms with Gasteiger partial charge in [-0.05, 0) is 17.7 Å². The van der Waals surface area contributed by atoms with E-state index in [4.69, 9.17) is 14.6 Å². The molecular weight excluding hydrogens is 230 g/mol. The summed E-state index contributed by atoms with van der Waals surface area (Å²) in [5, 5.41) is 7.42. The average molecular weight is 245 g/mol. The molecule has 1 aromatic carbocycles. The van der Waals surface area contributed by atoms with Crippen molar-refractivity contribution in [1.29, 1.82) is 0 Å². The molecule has 0 aliphatic carbocycles. The molecule has 1 aromatic heterocycles. The second-order valence-corrected chi connectivity index (χ2v) is 3.48. The van der Waals surface area contributed by atoms with Crippen LogP contribution in [0.25, 0.3) is 0 Å². The van der Waals surface area contributed by atoms with Crippen molar-refractivity contribution in [1.82, 2.24) is 4.98 Å². The van der Waals surface area contributed by atoms with Crippen LogP contribution in [0, 0.1) is 0 Å². The number of hydrogen-bond acceptors (Lipinski definition) is 3. The van der Waals surface area contributed by atoms with Gasteiger partial charge in [0.1, 0.15) is 12.4 Å². The molecule has 0 saturated carbocycles. The number of carbonyl (C=O) groups is 1. The van der Waals surface area contributed by atoms with Gasteiger partial charge in [0.2, 0.25) is 0 Å². The fourth-order valence-corrected chi connectivity index (χ4v) is 1.17. The summed E-state index contributed by atoms with van der Waals surface area (Å²) < 4.78 is 5.53. The van der Waals surface area contributed by atoms with Crippen molar-refractivity contribution in [3.63, 3.8) is 0 Å². The van der Waals surface area contributed by atoms with Crippen LogP contribution in [0.2, 0.25) is 0 Å². The second kappa shape index (κ2) is 7.84. The zero-order valence-corrected chi connectivity index (χ0v) is 10.1. The second-order valence-electron chi connectivity index (χ2n) is 3.48. The molecule has 0 unspecified atom stereocenters. The topological polar surface area (TPSA) is 59.4 Å². The van der Waals surface area contributed by atoms with Gasteiger partial charge in [-0.3, -0.25) is 9.78 Å². The molecule has 2 rings (SSSR count). The van der Waals surface area contributed by atoms with E-state index < -0.39 is 5.97 Å². The molecule has 4 nitrogen and oxygen atoms in total. The highest BCUT2D eigenvalue weighted by Gasteiger charge is 1.93. The lowest BCUT2D eigenvalue weighted by atomic mass is 10.2. The molecule has 0 radical (unpaired) electrons. The zero-order chi connectivity index (χ0) is 13.2. The maximum Gasteiger partial charge on any atom is 0.300 e. The SMILES string of the molecule is CC(=O)O.c1ccc(COc2cccnc2)cc1. The minimum absolute atomic E-state index is 0.590. The lowest BCUT2D eigenvalue weighted by molar-refractivity contribution is -0.134. The highest BCUT2D eigenvalue weighted by molar-refractivity contribution is 5.62. The largest absolute Gasteiger partial charge is 0.487 e. The lowest BCUT2D eigenvalue weighted by Crippen LogP contribution is -1.94. The van der Waals surface area contributed by atoms with Crippen molar-refractivity contribution in [2.24, 2.45) is 0 Å². The molecule has 1 N–H and O–H groups in total. The van der Waals surface area contributed by atoms with Gasteiger partial charge in [-0.1, -0.05) is 30.3 Å². The number of rotatable bonds is 3. The third-order valence-corrected chi connectivity index (χ3v) is 1.88. The van der Waals surface area contributed by atoms with E-state index in [1.54, 1.807) is 12.4 Å². The molecule has 94 valence electrons. The van der Waals surface area contributed by atoms with Crippen LogP contribution in [0.4, 0.5) is 0 Å². The van der Waals surface area contributed by atoms with E-state index in [1.807, 2.05) is 42.5 Å². The molecule has 0 amide bonds. The Kier molecular flexibility index (Phi) is 5.97. The van der Waals surface area contributed by atoms with Crippen molar-refractivity contribution < 1.29 is 14.6 Å². The number of pyridine rings is 1. The van der Waals surface area contributed by atoms with Crippen LogP contribution in [0.5, 0.6) is 5.75 Å². The Balaban J connectivity index is 0.000000357. The molecule has 4 heteroatoms. The number of nitrogens with zero attached hydrogens (tertiary/aromatic N) is 1. The maximum absolute atomic E-state index is 9.00. The highest BCUT2D eigenvalue weighted by atomic mass is 16.5. The molecule has 0 aliphatic rings. The fourth-order valence-electron chi connectivity index (χ4n) is 1.17. The minimum Gasteiger partial charge on any atom is -0.487 e. The molecule has 0 fully saturated rings. The smallest absolute Gasteiger partial charge is 0.300 e. The first-order chi connectivity index (χ1) is 8.68. The van der Waals surface area contributed by atoms with Gasteiger partial charge in [0.15, 0.2) is 0 Å². The van der Waals surface area contributed by atoms with Crippen LogP contribution in [0.15, 0.2) is 54.9 Å². The number of aromatic nitrogens is 1. The third-order valence-electron chi connectivity index (χ3n) is 1.88. The molecule has 0 saturated heterocycles. The highest BCUT2D eigenvalue weighted by Crippen LogP contribution is 2.09. The van der Waals surface area contributed by atoms with Gasteiger partial charge < -0.3 is 9.84 Å². The Morgan fingerprint density at radius 3 is 2.44 bits per heavy atom. The van der Waals surface area contributed by atoms with Crippen LogP contribution in [0.3, 0.4) is 0 Å². The van der Waals surface area contributed by atoms with E-state index in [9.17, 15) is 0 Å². The van der Waals surface area contributed by atoms with Crippen LogP contribution in [-0.2, 0) is 11.4 Å². The quantitative estimate of drug-likeness (QED) is 0.903. The summed E-state index contributed by atoms with van der Waals surface area (Å²) in [6, 6.07) is 13.8. The van der Waals surface area contributed by atoms with Crippen LogP contribution < -0.4 is 4.74 Å². The maximum atomic E-state index is 9.00. The van der Waals surface area contributed by atoms with Gasteiger partial charge in [0.25, 0.3) is 5.97 Å². The van der Waals surface area contributed by atoms with E-state index >= 15 is 0 Å². The molecule has 18 heavy (non-hydrogen) atoms. The number of ether oxygens (including phenoxy) is 1. The Labute approximate surface area is 106 Å². The molecule has 0 bridgehead atoms. The summed E-state index contributed by atoms with van der Waals surface area (Å²) in [6.07, 6.45) is 3.44. The van der Waals surface area contributed by atoms with Crippen LogP contribution in [-0.4, -0.2) is 16.1 Å². The van der Waals surface area contributed by atoms with Crippen molar-refractivity contribution in [2.45, 2.75) is 13.5 Å². The molecule has 0 atom stereocenters. The van der Waals surface area contributed by atoms with Gasteiger partial charge in [-0.15, -0.1) is 0 Å². The Hall–Kier alpha value is -2.36. The monoisotopic (exact) mass is 245 g/mol. The van der Waals surface area contributed by atoms with E-state index in [1.165, 1.54) is 0 Å². The molecular formula is C14H15NO3. The molecule has 1 heterocycles. The number of benzene rings is 1. The molecule has 0 aliphatic heterocycles. The summed E-state index contributed by atoms with van der Waals surface area (Å²) in [7, 11) is 0. The number of aliphatic carboxylic acids is 1. The van der Waals surface area contributed by atoms with Crippen molar-refractivity contribution in [3.05, 3.63) is 60.4 Å². The van der Waals surface area contributed by atoms with Crippen LogP contribution in [0.1, 0.15) is 12.5 Å². The first kappa shape index (κ1) is 13.7. The third kappa shape index (κ3) is 6.27. The van der Waals surface area contributed by atoms with Gasteiger partial charge in [0.05, 0.1) is 6.20 Å². The van der Waals surface area contributed by atoms with E-state index in [-0.39, 0.29) is 0 Å². The summed E-state index contributed by atoms with van der Waals surface area (Å²) in [6.45, 7) is 1.67. The molecule has 0 spiro atoms. The zero-order valence-electron chi connectivity index (χ0n) is 10.1. The van der Waals surface area contributed by atoms with Gasteiger partial charge in [0, 0.05) is 13.1 Å². The minimum atomic E-state index is -0.833. The number of hydrogen-bond donors (Lipinski definition) is 1. The number of carboxylic acid groups (broad SMARTS) is 1. The van der Waals surface area contributed by atoms with E-state index in [0.29, 0.717) is 6.61 Å². The van der Waals surface area contributed by atoms with Gasteiger partial charge in [-0.25, -0.2) is 0 Å². The van der Waals surface area contributed by atoms with E-state index in [2.05, 4.69) is 4.98 Å². The standard InChI is InChI=1S/C12H11NO.C2H4O2/c1-2-5-11(6-3-1)10-14-12-7-4-8-13-9-12;1-2(3)4/h1-9H,10H2;1H3,(H,3,4). The molecule has 2 aromatic rings. The number of carboxylic acids is 1. The summed E-state index contributed by atoms with van der Waals surface area (Å²) in [4.78, 5) is 13.0. The Morgan fingerprint density at radius 2 is 1.89 bits per heavy atom. The Morgan fingerprint density at radius 1 is 1.22 bits per heavy atom. The predicted octanol–water partition coefficient (Wildman–Crippen LogP) is 2.75. The summed E-state index contributed by atoms with van der Waals surface area (Å²) in [5.74, 6) is -0.0312. The fraction of sp³-hybridized carbons (Fsp3) is 0.143. The van der Waals surface area contributed by atoms with Gasteiger partial charge >= 0.3 is 0 Å². The normalized spacial score (nSPS) is 8.94. The van der Waals surface area contributed by atoms with Crippen molar-refractivity contribution in [2.75, 3.05) is 0 Å². The van der Waals surface area contributed by atoms with Crippen molar-refractivity contribution >= 4 is 5.97 Å². The average Bonchev–Trinajstić information content (AvgIpc) is 2.38.